The third-order valence-corrected chi connectivity index (χ3v) is 6.69. The molecule has 2 aromatic heterocycles. The topological polar surface area (TPSA) is 65.7 Å². The zero-order valence-corrected chi connectivity index (χ0v) is 18.0. The predicted octanol–water partition coefficient (Wildman–Crippen LogP) is 4.51. The van der Waals surface area contributed by atoms with Gasteiger partial charge in [-0.3, -0.25) is 4.90 Å². The van der Waals surface area contributed by atoms with Crippen molar-refractivity contribution >= 4 is 11.5 Å². The lowest BCUT2D eigenvalue weighted by Gasteiger charge is -2.37. The Hall–Kier alpha value is -2.93. The summed E-state index contributed by atoms with van der Waals surface area (Å²) < 4.78 is 94.0. The van der Waals surface area contributed by atoms with Gasteiger partial charge in [-0.1, -0.05) is 12.1 Å². The summed E-state index contributed by atoms with van der Waals surface area (Å²) in [6.45, 7) is 0.539. The summed E-state index contributed by atoms with van der Waals surface area (Å²) in [4.78, 5) is 5.40. The van der Waals surface area contributed by atoms with Gasteiger partial charge in [0.1, 0.15) is 11.6 Å². The maximum absolute atomic E-state index is 13.5. The van der Waals surface area contributed by atoms with E-state index in [1.54, 1.807) is 12.1 Å². The normalized spacial score (nSPS) is 23.8. The second-order valence-corrected chi connectivity index (χ2v) is 8.92. The van der Waals surface area contributed by atoms with Crippen molar-refractivity contribution in [3.8, 4) is 0 Å². The fraction of sp³-hybridized carbons (Fsp3) is 0.455. The maximum atomic E-state index is 13.5. The number of anilines is 1. The molecule has 6 nitrogen and oxygen atoms in total. The fourth-order valence-corrected chi connectivity index (χ4v) is 5.04. The molecule has 0 spiro atoms. The highest BCUT2D eigenvalue weighted by molar-refractivity contribution is 5.51. The zero-order chi connectivity index (χ0) is 25.1. The second kappa shape index (κ2) is 8.33. The zero-order valence-electron chi connectivity index (χ0n) is 18.0. The molecule has 1 unspecified atom stereocenters. The Morgan fingerprint density at radius 1 is 1.00 bits per heavy atom. The van der Waals surface area contributed by atoms with Gasteiger partial charge in [0.25, 0.3) is 0 Å². The molecule has 5 rings (SSSR count). The molecule has 1 saturated heterocycles. The summed E-state index contributed by atoms with van der Waals surface area (Å²) in [5.41, 5.74) is -2.65. The molecule has 4 atom stereocenters. The molecule has 1 aliphatic heterocycles. The van der Waals surface area contributed by atoms with Gasteiger partial charge in [0, 0.05) is 31.3 Å². The van der Waals surface area contributed by atoms with Crippen LogP contribution in [0.25, 0.3) is 5.65 Å². The Labute approximate surface area is 194 Å². The van der Waals surface area contributed by atoms with Crippen molar-refractivity contribution in [2.24, 2.45) is 5.92 Å². The molecule has 1 saturated carbocycles. The quantitative estimate of drug-likeness (QED) is 0.502. The van der Waals surface area contributed by atoms with Crippen LogP contribution in [0.1, 0.15) is 35.8 Å². The van der Waals surface area contributed by atoms with Crippen molar-refractivity contribution in [1.82, 2.24) is 19.5 Å². The van der Waals surface area contributed by atoms with Crippen molar-refractivity contribution in [2.75, 3.05) is 18.4 Å². The molecule has 35 heavy (non-hydrogen) atoms. The number of hydrogen-bond acceptors (Lipinski definition) is 5. The van der Waals surface area contributed by atoms with E-state index in [1.807, 2.05) is 0 Å². The number of fused-ring (bicyclic) bond motifs is 3. The second-order valence-electron chi connectivity index (χ2n) is 8.92. The number of likely N-dealkylation sites (tertiary alicyclic amines) is 1. The summed E-state index contributed by atoms with van der Waals surface area (Å²) in [5.74, 6) is -0.720. The number of halogens is 7. The monoisotopic (exact) mass is 503 g/mol. The number of benzene rings is 1. The van der Waals surface area contributed by atoms with Crippen molar-refractivity contribution in [2.45, 2.75) is 43.4 Å². The number of piperidine rings is 1. The average Bonchev–Trinajstić information content (AvgIpc) is 3.47. The lowest BCUT2D eigenvalue weighted by molar-refractivity contribution is -0.142. The van der Waals surface area contributed by atoms with Gasteiger partial charge in [-0.25, -0.2) is 9.37 Å². The van der Waals surface area contributed by atoms with E-state index >= 15 is 0 Å². The van der Waals surface area contributed by atoms with E-state index in [-0.39, 0.29) is 24.3 Å². The Kier molecular flexibility index (Phi) is 5.66. The largest absolute Gasteiger partial charge is 0.435 e. The Morgan fingerprint density at radius 3 is 2.26 bits per heavy atom. The lowest BCUT2D eigenvalue weighted by atomic mass is 10.00. The van der Waals surface area contributed by atoms with E-state index in [0.29, 0.717) is 35.2 Å². The first-order valence-electron chi connectivity index (χ1n) is 10.9. The highest BCUT2D eigenvalue weighted by atomic mass is 19.4. The molecule has 13 heteroatoms. The Morgan fingerprint density at radius 2 is 1.69 bits per heavy atom. The van der Waals surface area contributed by atoms with E-state index in [1.165, 1.54) is 12.1 Å². The first-order chi connectivity index (χ1) is 16.4. The van der Waals surface area contributed by atoms with Crippen LogP contribution in [0.5, 0.6) is 0 Å². The van der Waals surface area contributed by atoms with Gasteiger partial charge in [0.05, 0.1) is 12.1 Å². The summed E-state index contributed by atoms with van der Waals surface area (Å²) in [6, 6.07) is 6.30. The van der Waals surface area contributed by atoms with Crippen molar-refractivity contribution in [3.63, 3.8) is 0 Å². The molecular weight excluding hydrogens is 483 g/mol. The fourth-order valence-electron chi connectivity index (χ4n) is 5.04. The summed E-state index contributed by atoms with van der Waals surface area (Å²) in [5, 5.41) is 16.4. The standard InChI is InChI=1S/C22H20F7N5O/c23-13-3-1-11(2-4-13)15(33-10-12-5-14(33)6-16(12)35)9-30-19-7-17(21(24,25)26)31-20-8-18(22(27,28)29)32-34(19)20/h1-4,7-8,12,14-16,30,35H,5-6,9-10H2/t12-,14-,15-,16?/m1/s1. The summed E-state index contributed by atoms with van der Waals surface area (Å²) in [6.07, 6.45) is -8.90. The Balaban J connectivity index is 1.50. The highest BCUT2D eigenvalue weighted by Gasteiger charge is 2.46. The van der Waals surface area contributed by atoms with E-state index in [2.05, 4.69) is 20.3 Å². The third kappa shape index (κ3) is 4.54. The molecule has 3 heterocycles. The van der Waals surface area contributed by atoms with E-state index < -0.39 is 47.4 Å². The van der Waals surface area contributed by atoms with Crippen LogP contribution in [0.15, 0.2) is 36.4 Å². The summed E-state index contributed by atoms with van der Waals surface area (Å²) in [7, 11) is 0. The van der Waals surface area contributed by atoms with Crippen molar-refractivity contribution in [1.29, 1.82) is 0 Å². The van der Waals surface area contributed by atoms with Gasteiger partial charge in [0.15, 0.2) is 17.0 Å². The van der Waals surface area contributed by atoms with Gasteiger partial charge in [-0.15, -0.1) is 0 Å². The van der Waals surface area contributed by atoms with Crippen LogP contribution in [0.2, 0.25) is 0 Å². The predicted molar refractivity (Wildman–Crippen MR) is 110 cm³/mol. The van der Waals surface area contributed by atoms with Gasteiger partial charge in [0.2, 0.25) is 0 Å². The first-order valence-corrected chi connectivity index (χ1v) is 10.9. The number of rotatable bonds is 5. The smallest absolute Gasteiger partial charge is 0.393 e. The molecule has 3 aromatic rings. The highest BCUT2D eigenvalue weighted by Crippen LogP contribution is 2.42. The van der Waals surface area contributed by atoms with Gasteiger partial charge in [-0.05, 0) is 36.5 Å². The van der Waals surface area contributed by atoms with Gasteiger partial charge >= 0.3 is 12.4 Å². The van der Waals surface area contributed by atoms with Crippen LogP contribution in [0.3, 0.4) is 0 Å². The SMILES string of the molecule is OC1C[C@H]2C[C@@H]1CN2[C@H](CNc1cc(C(F)(F)F)nc2cc(C(F)(F)F)nn12)c1ccc(F)cc1. The van der Waals surface area contributed by atoms with Crippen LogP contribution in [0, 0.1) is 11.7 Å². The minimum absolute atomic E-state index is 0.00255. The number of alkyl halides is 6. The number of aromatic nitrogens is 3. The lowest BCUT2D eigenvalue weighted by Crippen LogP contribution is -2.42. The number of aliphatic hydroxyl groups is 1. The van der Waals surface area contributed by atoms with E-state index in [0.717, 1.165) is 6.42 Å². The molecule has 2 fully saturated rings. The summed E-state index contributed by atoms with van der Waals surface area (Å²) >= 11 is 0. The van der Waals surface area contributed by atoms with Crippen molar-refractivity contribution in [3.05, 3.63) is 59.2 Å². The van der Waals surface area contributed by atoms with Gasteiger partial charge in [-0.2, -0.15) is 36.0 Å². The first kappa shape index (κ1) is 23.8. The van der Waals surface area contributed by atoms with Crippen molar-refractivity contribution < 1.29 is 35.8 Å². The van der Waals surface area contributed by atoms with E-state index in [4.69, 9.17) is 0 Å². The maximum Gasteiger partial charge on any atom is 0.435 e. The minimum Gasteiger partial charge on any atom is -0.393 e. The molecule has 188 valence electrons. The molecule has 2 aliphatic rings. The average molecular weight is 503 g/mol. The molecule has 2 N–H and O–H groups in total. The number of hydrogen-bond donors (Lipinski definition) is 2. The molecule has 1 aliphatic carbocycles. The third-order valence-electron chi connectivity index (χ3n) is 6.69. The number of nitrogens with one attached hydrogen (secondary N) is 1. The molecule has 0 amide bonds. The molecule has 2 bridgehead atoms. The van der Waals surface area contributed by atoms with Crippen LogP contribution in [0.4, 0.5) is 36.6 Å². The van der Waals surface area contributed by atoms with Crippen LogP contribution >= 0.6 is 0 Å². The Bertz CT molecular complexity index is 1220. The number of aliphatic hydroxyl groups excluding tert-OH is 1. The van der Waals surface area contributed by atoms with Crippen LogP contribution in [-0.4, -0.2) is 49.8 Å². The van der Waals surface area contributed by atoms with E-state index in [9.17, 15) is 35.8 Å². The molecule has 1 aromatic carbocycles. The van der Waals surface area contributed by atoms with Crippen LogP contribution < -0.4 is 5.32 Å². The molecular formula is C22H20F7N5O. The van der Waals surface area contributed by atoms with Gasteiger partial charge < -0.3 is 10.4 Å². The number of nitrogens with zero attached hydrogens (tertiary/aromatic N) is 4. The van der Waals surface area contributed by atoms with Crippen LogP contribution in [-0.2, 0) is 12.4 Å². The molecule has 0 radical (unpaired) electrons. The minimum atomic E-state index is -4.89.